The highest BCUT2D eigenvalue weighted by Gasteiger charge is 2.32. The monoisotopic (exact) mass is 301 g/mol. The second-order valence-corrected chi connectivity index (χ2v) is 5.20. The van der Waals surface area contributed by atoms with Crippen molar-refractivity contribution in [2.45, 2.75) is 13.3 Å². The number of para-hydroxylation sites is 2. The van der Waals surface area contributed by atoms with E-state index >= 15 is 0 Å². The Morgan fingerprint density at radius 2 is 1.90 bits per heavy atom. The van der Waals surface area contributed by atoms with Crippen LogP contribution < -0.4 is 10.1 Å². The fraction of sp³-hybridized carbons (Fsp3) is 0.154. The molecule has 1 amide bonds. The van der Waals surface area contributed by atoms with E-state index in [4.69, 9.17) is 0 Å². The molecule has 2 aromatic rings. The standard InChI is InChI=1S/C13H10F3NO2S/c1-8-6-7-11(20-8)12(18)17-9-4-2-3-5-10(9)19-13(14,15)16/h2-7H,1H3,(H,17,18). The molecule has 0 saturated heterocycles. The van der Waals surface area contributed by atoms with Crippen LogP contribution in [0, 0.1) is 6.92 Å². The molecule has 0 aliphatic rings. The smallest absolute Gasteiger partial charge is 0.404 e. The van der Waals surface area contributed by atoms with Gasteiger partial charge >= 0.3 is 6.36 Å². The molecule has 3 nitrogen and oxygen atoms in total. The number of rotatable bonds is 3. The van der Waals surface area contributed by atoms with Crippen molar-refractivity contribution in [2.24, 2.45) is 0 Å². The summed E-state index contributed by atoms with van der Waals surface area (Å²) in [4.78, 5) is 13.3. The second-order valence-electron chi connectivity index (χ2n) is 3.91. The maximum Gasteiger partial charge on any atom is 0.573 e. The molecule has 0 radical (unpaired) electrons. The van der Waals surface area contributed by atoms with E-state index in [0.29, 0.717) is 4.88 Å². The lowest BCUT2D eigenvalue weighted by molar-refractivity contribution is -0.274. The van der Waals surface area contributed by atoms with E-state index in [9.17, 15) is 18.0 Å². The zero-order valence-electron chi connectivity index (χ0n) is 10.3. The lowest BCUT2D eigenvalue weighted by atomic mass is 10.3. The van der Waals surface area contributed by atoms with Gasteiger partial charge in [-0.15, -0.1) is 24.5 Å². The van der Waals surface area contributed by atoms with Gasteiger partial charge < -0.3 is 10.1 Å². The zero-order chi connectivity index (χ0) is 14.8. The number of carbonyl (C=O) groups excluding carboxylic acids is 1. The van der Waals surface area contributed by atoms with Crippen LogP contribution in [0.25, 0.3) is 0 Å². The van der Waals surface area contributed by atoms with E-state index in [-0.39, 0.29) is 5.69 Å². The van der Waals surface area contributed by atoms with Crippen LogP contribution in [0.3, 0.4) is 0 Å². The van der Waals surface area contributed by atoms with E-state index in [2.05, 4.69) is 10.1 Å². The van der Waals surface area contributed by atoms with Crippen LogP contribution in [0.2, 0.25) is 0 Å². The highest BCUT2D eigenvalue weighted by Crippen LogP contribution is 2.30. The summed E-state index contributed by atoms with van der Waals surface area (Å²) in [5, 5.41) is 2.41. The minimum Gasteiger partial charge on any atom is -0.404 e. The molecule has 0 aliphatic heterocycles. The number of hydrogen-bond donors (Lipinski definition) is 1. The fourth-order valence-corrected chi connectivity index (χ4v) is 2.29. The minimum absolute atomic E-state index is 0.0270. The number of benzene rings is 1. The number of alkyl halides is 3. The number of amides is 1. The number of ether oxygens (including phenoxy) is 1. The number of nitrogens with one attached hydrogen (secondary N) is 1. The Labute approximate surface area is 117 Å². The van der Waals surface area contributed by atoms with Crippen molar-refractivity contribution in [1.82, 2.24) is 0 Å². The lowest BCUT2D eigenvalue weighted by Gasteiger charge is -2.13. The van der Waals surface area contributed by atoms with Crippen LogP contribution in [0.4, 0.5) is 18.9 Å². The molecule has 0 fully saturated rings. The van der Waals surface area contributed by atoms with E-state index in [1.807, 2.05) is 6.92 Å². The van der Waals surface area contributed by atoms with Gasteiger partial charge in [-0.05, 0) is 31.2 Å². The molecule has 106 valence electrons. The molecule has 1 heterocycles. The molecule has 0 spiro atoms. The Balaban J connectivity index is 2.19. The molecule has 1 aromatic heterocycles. The maximum absolute atomic E-state index is 12.3. The normalized spacial score (nSPS) is 11.2. The highest BCUT2D eigenvalue weighted by atomic mass is 32.1. The van der Waals surface area contributed by atoms with E-state index in [1.54, 1.807) is 12.1 Å². The maximum atomic E-state index is 12.3. The first-order valence-electron chi connectivity index (χ1n) is 5.58. The van der Waals surface area contributed by atoms with Crippen molar-refractivity contribution in [1.29, 1.82) is 0 Å². The van der Waals surface area contributed by atoms with Crippen molar-refractivity contribution in [3.8, 4) is 5.75 Å². The van der Waals surface area contributed by atoms with Crippen LogP contribution in [0.5, 0.6) is 5.75 Å². The Morgan fingerprint density at radius 1 is 1.20 bits per heavy atom. The van der Waals surface area contributed by atoms with E-state index in [0.717, 1.165) is 10.9 Å². The van der Waals surface area contributed by atoms with Gasteiger partial charge in [0.2, 0.25) is 0 Å². The second kappa shape index (κ2) is 5.54. The SMILES string of the molecule is Cc1ccc(C(=O)Nc2ccccc2OC(F)(F)F)s1. The van der Waals surface area contributed by atoms with Gasteiger partial charge in [0.15, 0.2) is 5.75 Å². The van der Waals surface area contributed by atoms with Gasteiger partial charge in [-0.3, -0.25) is 4.79 Å². The van der Waals surface area contributed by atoms with Gasteiger partial charge in [0.25, 0.3) is 5.91 Å². The molecule has 2 rings (SSSR count). The third-order valence-corrected chi connectivity index (χ3v) is 3.32. The van der Waals surface area contributed by atoms with Crippen LogP contribution in [0.1, 0.15) is 14.5 Å². The summed E-state index contributed by atoms with van der Waals surface area (Å²) < 4.78 is 40.6. The molecule has 0 saturated carbocycles. The zero-order valence-corrected chi connectivity index (χ0v) is 11.1. The molecule has 0 bridgehead atoms. The Hall–Kier alpha value is -2.02. The molecule has 0 aliphatic carbocycles. The quantitative estimate of drug-likeness (QED) is 0.922. The largest absolute Gasteiger partial charge is 0.573 e. The summed E-state index contributed by atoms with van der Waals surface area (Å²) in [7, 11) is 0. The molecule has 20 heavy (non-hydrogen) atoms. The topological polar surface area (TPSA) is 38.3 Å². The molecule has 0 unspecified atom stereocenters. The van der Waals surface area contributed by atoms with Gasteiger partial charge in [-0.1, -0.05) is 12.1 Å². The summed E-state index contributed by atoms with van der Waals surface area (Å²) in [6, 6.07) is 8.77. The van der Waals surface area contributed by atoms with Crippen molar-refractivity contribution in [3.63, 3.8) is 0 Å². The Morgan fingerprint density at radius 3 is 2.50 bits per heavy atom. The first kappa shape index (κ1) is 14.4. The summed E-state index contributed by atoms with van der Waals surface area (Å²) in [6.07, 6.45) is -4.81. The predicted octanol–water partition coefficient (Wildman–Crippen LogP) is 4.21. The van der Waals surface area contributed by atoms with Gasteiger partial charge in [0.05, 0.1) is 10.6 Å². The van der Waals surface area contributed by atoms with Crippen LogP contribution in [-0.4, -0.2) is 12.3 Å². The predicted molar refractivity (Wildman–Crippen MR) is 70.1 cm³/mol. The van der Waals surface area contributed by atoms with Crippen molar-refractivity contribution >= 4 is 22.9 Å². The van der Waals surface area contributed by atoms with Crippen LogP contribution >= 0.6 is 11.3 Å². The van der Waals surface area contributed by atoms with Crippen molar-refractivity contribution in [2.75, 3.05) is 5.32 Å². The molecular formula is C13H10F3NO2S. The third-order valence-electron chi connectivity index (χ3n) is 2.33. The van der Waals surface area contributed by atoms with E-state index in [1.165, 1.54) is 29.5 Å². The lowest BCUT2D eigenvalue weighted by Crippen LogP contribution is -2.19. The molecule has 0 atom stereocenters. The number of halogens is 3. The molecule has 1 N–H and O–H groups in total. The fourth-order valence-electron chi connectivity index (χ4n) is 1.52. The van der Waals surface area contributed by atoms with Gasteiger partial charge in [0.1, 0.15) is 0 Å². The highest BCUT2D eigenvalue weighted by molar-refractivity contribution is 7.14. The molecule has 1 aromatic carbocycles. The first-order chi connectivity index (χ1) is 9.35. The average Bonchev–Trinajstić information content (AvgIpc) is 2.77. The molecule has 7 heteroatoms. The molecular weight excluding hydrogens is 291 g/mol. The number of hydrogen-bond acceptors (Lipinski definition) is 3. The number of carbonyl (C=O) groups is 1. The number of anilines is 1. The summed E-state index contributed by atoms with van der Waals surface area (Å²) in [6.45, 7) is 1.84. The number of aryl methyl sites for hydroxylation is 1. The Bertz CT molecular complexity index is 622. The van der Waals surface area contributed by atoms with E-state index < -0.39 is 18.0 Å². The average molecular weight is 301 g/mol. The van der Waals surface area contributed by atoms with Crippen LogP contribution in [-0.2, 0) is 0 Å². The summed E-state index contributed by atoms with van der Waals surface area (Å²) >= 11 is 1.26. The van der Waals surface area contributed by atoms with Crippen molar-refractivity contribution in [3.05, 3.63) is 46.2 Å². The third kappa shape index (κ3) is 3.74. The summed E-state index contributed by atoms with van der Waals surface area (Å²) in [5.74, 6) is -0.914. The van der Waals surface area contributed by atoms with Gasteiger partial charge in [0, 0.05) is 4.88 Å². The first-order valence-corrected chi connectivity index (χ1v) is 6.39. The van der Waals surface area contributed by atoms with Crippen LogP contribution in [0.15, 0.2) is 36.4 Å². The van der Waals surface area contributed by atoms with Crippen molar-refractivity contribution < 1.29 is 22.7 Å². The Kier molecular flexibility index (Phi) is 3.99. The van der Waals surface area contributed by atoms with Gasteiger partial charge in [-0.2, -0.15) is 0 Å². The summed E-state index contributed by atoms with van der Waals surface area (Å²) in [5.41, 5.74) is -0.0270. The van der Waals surface area contributed by atoms with Gasteiger partial charge in [-0.25, -0.2) is 0 Å². The minimum atomic E-state index is -4.81. The number of thiophene rings is 1.